The Bertz CT molecular complexity index is 3860. The highest BCUT2D eigenvalue weighted by molar-refractivity contribution is 6.10. The van der Waals surface area contributed by atoms with E-state index in [0.717, 1.165) is 60.9 Å². The Morgan fingerprint density at radius 3 is 1.45 bits per heavy atom. The predicted molar refractivity (Wildman–Crippen MR) is 263 cm³/mol. The van der Waals surface area contributed by atoms with Crippen LogP contribution in [0.2, 0.25) is 0 Å². The Morgan fingerprint density at radius 1 is 0.266 bits per heavy atom. The number of para-hydroxylation sites is 2. The minimum absolute atomic E-state index is 0.655. The number of nitrogens with zero attached hydrogens (tertiary/aromatic N) is 1. The number of benzene rings is 10. The second kappa shape index (κ2) is 13.3. The lowest BCUT2D eigenvalue weighted by Crippen LogP contribution is -2.29. The van der Waals surface area contributed by atoms with Gasteiger partial charge in [0, 0.05) is 44.7 Å². The topological polar surface area (TPSA) is 29.5 Å². The summed E-state index contributed by atoms with van der Waals surface area (Å²) in [6, 6.07) is 81.8. The summed E-state index contributed by atoms with van der Waals surface area (Å²) in [5.41, 5.74) is 20.7. The maximum absolute atomic E-state index is 6.70. The van der Waals surface area contributed by atoms with Crippen LogP contribution < -0.4 is 4.90 Å². The van der Waals surface area contributed by atoms with E-state index in [0.29, 0.717) is 0 Å². The van der Waals surface area contributed by atoms with Gasteiger partial charge in [-0.3, -0.25) is 0 Å². The molecule has 12 aromatic rings. The zero-order chi connectivity index (χ0) is 41.9. The molecule has 2 aliphatic rings. The third-order valence-corrected chi connectivity index (χ3v) is 13.9. The van der Waals surface area contributed by atoms with E-state index in [-0.39, 0.29) is 0 Å². The van der Waals surface area contributed by atoms with Gasteiger partial charge in [-0.25, -0.2) is 0 Å². The van der Waals surface area contributed by atoms with Crippen LogP contribution in [-0.2, 0) is 5.41 Å². The van der Waals surface area contributed by atoms with Crippen molar-refractivity contribution in [2.45, 2.75) is 5.41 Å². The van der Waals surface area contributed by atoms with Crippen LogP contribution in [0, 0.1) is 0 Å². The monoisotopic (exact) mass is 815 g/mol. The summed E-state index contributed by atoms with van der Waals surface area (Å²) in [4.78, 5) is 2.38. The molecule has 14 rings (SSSR count). The van der Waals surface area contributed by atoms with Crippen LogP contribution in [0.15, 0.2) is 233 Å². The quantitative estimate of drug-likeness (QED) is 0.177. The molecule has 3 heteroatoms. The molecule has 0 fully saturated rings. The zero-order valence-corrected chi connectivity index (χ0v) is 34.6. The first-order chi connectivity index (χ1) is 31.7. The average molecular weight is 816 g/mol. The molecule has 0 saturated carbocycles. The van der Waals surface area contributed by atoms with Crippen LogP contribution in [0.25, 0.3) is 88.4 Å². The summed E-state index contributed by atoms with van der Waals surface area (Å²) in [5, 5.41) is 4.49. The van der Waals surface area contributed by atoms with E-state index in [2.05, 4.69) is 217 Å². The van der Waals surface area contributed by atoms with Gasteiger partial charge in [0.1, 0.15) is 22.3 Å². The lowest BCUT2D eigenvalue weighted by atomic mass is 9.66. The molecule has 1 spiro atoms. The summed E-state index contributed by atoms with van der Waals surface area (Å²) in [5.74, 6) is 0. The third-order valence-electron chi connectivity index (χ3n) is 13.9. The van der Waals surface area contributed by atoms with Gasteiger partial charge in [0.15, 0.2) is 0 Å². The van der Waals surface area contributed by atoms with Crippen LogP contribution >= 0.6 is 0 Å². The summed E-state index contributed by atoms with van der Waals surface area (Å²) in [6.45, 7) is 0. The summed E-state index contributed by atoms with van der Waals surface area (Å²) in [6.07, 6.45) is 0. The molecule has 2 heterocycles. The number of rotatable bonds is 4. The second-order valence-corrected chi connectivity index (χ2v) is 17.1. The molecule has 0 radical (unpaired) electrons. The highest BCUT2D eigenvalue weighted by Gasteiger charge is 2.50. The van der Waals surface area contributed by atoms with Gasteiger partial charge >= 0.3 is 0 Å². The molecular formula is C61H37NO2. The van der Waals surface area contributed by atoms with Gasteiger partial charge in [0.25, 0.3) is 0 Å². The number of furan rings is 2. The van der Waals surface area contributed by atoms with Gasteiger partial charge in [0.05, 0.1) is 5.41 Å². The lowest BCUT2D eigenvalue weighted by Gasteiger charge is -2.36. The SMILES string of the molecule is c1ccc(-c2ccc(N(c3ccc4c(c3)-c3ccccc3-c3ccccc3[C@@]43c4ccccc4-c4cc5c(cc43)oc3ccccc35)c3ccc4c(c3)oc3ccccc34)cc2)cc1. The van der Waals surface area contributed by atoms with Crippen molar-refractivity contribution in [1.29, 1.82) is 0 Å². The minimum atomic E-state index is -0.655. The fourth-order valence-corrected chi connectivity index (χ4v) is 11.2. The van der Waals surface area contributed by atoms with E-state index < -0.39 is 5.41 Å². The van der Waals surface area contributed by atoms with Crippen molar-refractivity contribution in [3.63, 3.8) is 0 Å². The van der Waals surface area contributed by atoms with Crippen molar-refractivity contribution in [1.82, 2.24) is 0 Å². The number of anilines is 3. The van der Waals surface area contributed by atoms with Gasteiger partial charge in [-0.05, 0) is 127 Å². The minimum Gasteiger partial charge on any atom is -0.456 e. The second-order valence-electron chi connectivity index (χ2n) is 17.1. The fraction of sp³-hybridized carbons (Fsp3) is 0.0164. The normalized spacial score (nSPS) is 14.6. The highest BCUT2D eigenvalue weighted by atomic mass is 16.3. The van der Waals surface area contributed by atoms with Gasteiger partial charge in [0.2, 0.25) is 0 Å². The van der Waals surface area contributed by atoms with Gasteiger partial charge < -0.3 is 13.7 Å². The van der Waals surface area contributed by atoms with Crippen LogP contribution in [0.1, 0.15) is 22.3 Å². The molecule has 1 atom stereocenters. The van der Waals surface area contributed by atoms with Crippen molar-refractivity contribution in [2.75, 3.05) is 4.90 Å². The molecule has 0 saturated heterocycles. The molecule has 0 bridgehead atoms. The number of hydrogen-bond acceptors (Lipinski definition) is 3. The predicted octanol–water partition coefficient (Wildman–Crippen LogP) is 16.6. The first-order valence-electron chi connectivity index (χ1n) is 22.0. The van der Waals surface area contributed by atoms with Crippen molar-refractivity contribution in [2.24, 2.45) is 0 Å². The summed E-state index contributed by atoms with van der Waals surface area (Å²) < 4.78 is 13.2. The molecule has 64 heavy (non-hydrogen) atoms. The first kappa shape index (κ1) is 35.2. The van der Waals surface area contributed by atoms with Gasteiger partial charge in [-0.1, -0.05) is 158 Å². The molecule has 10 aromatic carbocycles. The maximum atomic E-state index is 6.70. The molecule has 0 N–H and O–H groups in total. The first-order valence-corrected chi connectivity index (χ1v) is 22.0. The fourth-order valence-electron chi connectivity index (χ4n) is 11.2. The van der Waals surface area contributed by atoms with Crippen LogP contribution in [-0.4, -0.2) is 0 Å². The van der Waals surface area contributed by atoms with E-state index >= 15 is 0 Å². The Kier molecular flexibility index (Phi) is 7.32. The number of fused-ring (bicyclic) bond motifs is 18. The van der Waals surface area contributed by atoms with Gasteiger partial charge in [-0.2, -0.15) is 0 Å². The average Bonchev–Trinajstić information content (AvgIpc) is 3.99. The zero-order valence-electron chi connectivity index (χ0n) is 34.6. The van der Waals surface area contributed by atoms with E-state index in [1.165, 1.54) is 66.8 Å². The van der Waals surface area contributed by atoms with E-state index in [1.54, 1.807) is 0 Å². The Labute approximate surface area is 369 Å². The molecule has 0 amide bonds. The summed E-state index contributed by atoms with van der Waals surface area (Å²) >= 11 is 0. The van der Waals surface area contributed by atoms with Crippen molar-refractivity contribution >= 4 is 60.9 Å². The van der Waals surface area contributed by atoms with Crippen molar-refractivity contribution in [3.8, 4) is 44.5 Å². The van der Waals surface area contributed by atoms with E-state index in [9.17, 15) is 0 Å². The lowest BCUT2D eigenvalue weighted by molar-refractivity contribution is 0.666. The largest absolute Gasteiger partial charge is 0.456 e. The Morgan fingerprint density at radius 2 is 0.734 bits per heavy atom. The van der Waals surface area contributed by atoms with Gasteiger partial charge in [-0.15, -0.1) is 0 Å². The Balaban J connectivity index is 1.06. The molecular weight excluding hydrogens is 779 g/mol. The van der Waals surface area contributed by atoms with Crippen molar-refractivity contribution in [3.05, 3.63) is 247 Å². The molecule has 0 aliphatic heterocycles. The molecule has 2 aromatic heterocycles. The molecule has 2 aliphatic carbocycles. The standard InChI is InChI=1S/C61H37NO2/c1-2-14-38(15-3-1)39-26-28-40(29-27-39)62(42-30-32-49-47-20-8-12-24-57(47)63-59(49)35-42)41-31-33-55-50(34-41)44-17-5-4-16-43(44)45-18-6-10-22-53(45)61(55)54-23-11-7-19-46(54)51-36-52-48-21-9-13-25-58(48)64-60(52)37-56(51)61/h1-37H/t61-/m1/s1. The van der Waals surface area contributed by atoms with Crippen molar-refractivity contribution < 1.29 is 8.83 Å². The highest BCUT2D eigenvalue weighted by Crippen LogP contribution is 2.62. The van der Waals surface area contributed by atoms with Crippen LogP contribution in [0.5, 0.6) is 0 Å². The Hall–Kier alpha value is -8.40. The third kappa shape index (κ3) is 4.86. The molecule has 0 unspecified atom stereocenters. The van der Waals surface area contributed by atoms with Crippen LogP contribution in [0.4, 0.5) is 17.1 Å². The smallest absolute Gasteiger partial charge is 0.137 e. The number of hydrogen-bond donors (Lipinski definition) is 0. The molecule has 3 nitrogen and oxygen atoms in total. The van der Waals surface area contributed by atoms with E-state index in [1.807, 2.05) is 12.1 Å². The maximum Gasteiger partial charge on any atom is 0.137 e. The summed E-state index contributed by atoms with van der Waals surface area (Å²) in [7, 11) is 0. The van der Waals surface area contributed by atoms with E-state index in [4.69, 9.17) is 8.83 Å². The molecule has 298 valence electrons. The van der Waals surface area contributed by atoms with Crippen LogP contribution in [0.3, 0.4) is 0 Å².